The molecule has 1 amide bonds. The summed E-state index contributed by atoms with van der Waals surface area (Å²) in [5, 5.41) is 0. The van der Waals surface area contributed by atoms with Crippen LogP contribution >= 0.6 is 0 Å². The lowest BCUT2D eigenvalue weighted by Gasteiger charge is -2.25. The van der Waals surface area contributed by atoms with Crippen LogP contribution in [-0.4, -0.2) is 25.0 Å². The Bertz CT molecular complexity index is 598. The number of carbonyl (C=O) groups excluding carboxylic acids is 1. The SMILES string of the molecule is COc1ccc(CN(Cc2ccc(OC)cc2)C(=O)C(C)C)cc1. The highest BCUT2D eigenvalue weighted by Gasteiger charge is 2.18. The maximum Gasteiger partial charge on any atom is 0.225 e. The summed E-state index contributed by atoms with van der Waals surface area (Å²) in [5.74, 6) is 1.73. The second kappa shape index (κ2) is 8.39. The van der Waals surface area contributed by atoms with E-state index < -0.39 is 0 Å². The number of amides is 1. The summed E-state index contributed by atoms with van der Waals surface area (Å²) < 4.78 is 10.4. The normalized spacial score (nSPS) is 10.5. The highest BCUT2D eigenvalue weighted by Crippen LogP contribution is 2.18. The van der Waals surface area contributed by atoms with Crippen LogP contribution in [0.25, 0.3) is 0 Å². The van der Waals surface area contributed by atoms with Gasteiger partial charge in [-0.3, -0.25) is 4.79 Å². The summed E-state index contributed by atoms with van der Waals surface area (Å²) in [6, 6.07) is 15.6. The molecule has 0 saturated carbocycles. The Balaban J connectivity index is 2.15. The quantitative estimate of drug-likeness (QED) is 0.774. The van der Waals surface area contributed by atoms with Gasteiger partial charge in [0.15, 0.2) is 0 Å². The first-order valence-electron chi connectivity index (χ1n) is 8.08. The number of ether oxygens (including phenoxy) is 2. The van der Waals surface area contributed by atoms with Crippen LogP contribution in [0, 0.1) is 5.92 Å². The maximum absolute atomic E-state index is 12.6. The molecule has 24 heavy (non-hydrogen) atoms. The summed E-state index contributed by atoms with van der Waals surface area (Å²) in [7, 11) is 3.29. The average molecular weight is 327 g/mol. The van der Waals surface area contributed by atoms with Crippen molar-refractivity contribution in [2.75, 3.05) is 14.2 Å². The Morgan fingerprint density at radius 2 is 1.21 bits per heavy atom. The van der Waals surface area contributed by atoms with Crippen molar-refractivity contribution in [3.63, 3.8) is 0 Å². The fourth-order valence-electron chi connectivity index (χ4n) is 2.48. The second-order valence-corrected chi connectivity index (χ2v) is 6.05. The molecule has 2 aromatic rings. The third-order valence-corrected chi connectivity index (χ3v) is 3.87. The Morgan fingerprint density at radius 3 is 1.50 bits per heavy atom. The van der Waals surface area contributed by atoms with Crippen molar-refractivity contribution in [3.8, 4) is 11.5 Å². The van der Waals surface area contributed by atoms with E-state index in [1.54, 1.807) is 14.2 Å². The van der Waals surface area contributed by atoms with E-state index in [4.69, 9.17) is 9.47 Å². The molecule has 0 heterocycles. The van der Waals surface area contributed by atoms with Crippen LogP contribution in [0.1, 0.15) is 25.0 Å². The van der Waals surface area contributed by atoms with Crippen molar-refractivity contribution in [1.29, 1.82) is 0 Å². The van der Waals surface area contributed by atoms with Crippen LogP contribution in [0.2, 0.25) is 0 Å². The van der Waals surface area contributed by atoms with E-state index in [-0.39, 0.29) is 11.8 Å². The minimum Gasteiger partial charge on any atom is -0.497 e. The van der Waals surface area contributed by atoms with Gasteiger partial charge < -0.3 is 14.4 Å². The van der Waals surface area contributed by atoms with Crippen molar-refractivity contribution in [3.05, 3.63) is 59.7 Å². The number of hydrogen-bond acceptors (Lipinski definition) is 3. The molecule has 0 unspecified atom stereocenters. The van der Waals surface area contributed by atoms with Gasteiger partial charge in [0.05, 0.1) is 14.2 Å². The minimum absolute atomic E-state index is 0.0403. The molecule has 0 bridgehead atoms. The third kappa shape index (κ3) is 4.75. The fourth-order valence-corrected chi connectivity index (χ4v) is 2.48. The molecule has 0 saturated heterocycles. The smallest absolute Gasteiger partial charge is 0.225 e. The zero-order valence-electron chi connectivity index (χ0n) is 14.8. The lowest BCUT2D eigenvalue weighted by atomic mass is 10.1. The third-order valence-electron chi connectivity index (χ3n) is 3.87. The van der Waals surface area contributed by atoms with Crippen LogP contribution in [0.15, 0.2) is 48.5 Å². The molecule has 128 valence electrons. The Hall–Kier alpha value is -2.49. The highest BCUT2D eigenvalue weighted by atomic mass is 16.5. The predicted molar refractivity (Wildman–Crippen MR) is 95.1 cm³/mol. The molecule has 0 spiro atoms. The van der Waals surface area contributed by atoms with Crippen molar-refractivity contribution in [2.24, 2.45) is 5.92 Å². The highest BCUT2D eigenvalue weighted by molar-refractivity contribution is 5.78. The number of methoxy groups -OCH3 is 2. The first kappa shape index (κ1) is 17.9. The summed E-state index contributed by atoms with van der Waals surface area (Å²) in [6.45, 7) is 5.01. The van der Waals surface area contributed by atoms with Gasteiger partial charge in [-0.2, -0.15) is 0 Å². The lowest BCUT2D eigenvalue weighted by molar-refractivity contribution is -0.135. The monoisotopic (exact) mass is 327 g/mol. The van der Waals surface area contributed by atoms with E-state index in [0.717, 1.165) is 22.6 Å². The molecule has 0 atom stereocenters. The molecular formula is C20H25NO3. The molecule has 4 heteroatoms. The van der Waals surface area contributed by atoms with Gasteiger partial charge in [-0.15, -0.1) is 0 Å². The van der Waals surface area contributed by atoms with E-state index in [2.05, 4.69) is 0 Å². The summed E-state index contributed by atoms with van der Waals surface area (Å²) in [5.41, 5.74) is 2.16. The first-order chi connectivity index (χ1) is 11.5. The second-order valence-electron chi connectivity index (χ2n) is 6.05. The standard InChI is InChI=1S/C20H25NO3/c1-15(2)20(22)21(13-16-5-9-18(23-3)10-6-16)14-17-7-11-19(24-4)12-8-17/h5-12,15H,13-14H2,1-4H3. The van der Waals surface area contributed by atoms with E-state index in [0.29, 0.717) is 13.1 Å². The summed E-state index contributed by atoms with van der Waals surface area (Å²) in [4.78, 5) is 14.5. The Labute approximate surface area is 144 Å². The minimum atomic E-state index is -0.0403. The molecule has 0 aliphatic carbocycles. The molecule has 0 radical (unpaired) electrons. The van der Waals surface area contributed by atoms with E-state index in [1.807, 2.05) is 67.3 Å². The van der Waals surface area contributed by atoms with Gasteiger partial charge in [0.2, 0.25) is 5.91 Å². The molecule has 0 aromatic heterocycles. The van der Waals surface area contributed by atoms with Gasteiger partial charge in [0, 0.05) is 19.0 Å². The Morgan fingerprint density at radius 1 is 0.833 bits per heavy atom. The molecule has 0 N–H and O–H groups in total. The number of carbonyl (C=O) groups is 1. The van der Waals surface area contributed by atoms with Gasteiger partial charge in [0.25, 0.3) is 0 Å². The van der Waals surface area contributed by atoms with Crippen LogP contribution in [-0.2, 0) is 17.9 Å². The molecule has 2 rings (SSSR count). The van der Waals surface area contributed by atoms with Crippen LogP contribution < -0.4 is 9.47 Å². The van der Waals surface area contributed by atoms with Crippen molar-refractivity contribution >= 4 is 5.91 Å². The molecule has 4 nitrogen and oxygen atoms in total. The topological polar surface area (TPSA) is 38.8 Å². The molecule has 2 aromatic carbocycles. The number of rotatable bonds is 7. The van der Waals surface area contributed by atoms with Gasteiger partial charge in [-0.25, -0.2) is 0 Å². The number of hydrogen-bond donors (Lipinski definition) is 0. The lowest BCUT2D eigenvalue weighted by Crippen LogP contribution is -2.33. The number of benzene rings is 2. The fraction of sp³-hybridized carbons (Fsp3) is 0.350. The molecule has 0 aliphatic rings. The number of nitrogens with zero attached hydrogens (tertiary/aromatic N) is 1. The van der Waals surface area contributed by atoms with Gasteiger partial charge in [0.1, 0.15) is 11.5 Å². The first-order valence-corrected chi connectivity index (χ1v) is 8.08. The van der Waals surface area contributed by atoms with Gasteiger partial charge in [-0.1, -0.05) is 38.1 Å². The average Bonchev–Trinajstić information content (AvgIpc) is 2.61. The van der Waals surface area contributed by atoms with Crippen LogP contribution in [0.5, 0.6) is 11.5 Å². The molecule has 0 fully saturated rings. The van der Waals surface area contributed by atoms with E-state index in [9.17, 15) is 4.79 Å². The summed E-state index contributed by atoms with van der Waals surface area (Å²) >= 11 is 0. The van der Waals surface area contributed by atoms with Crippen LogP contribution in [0.4, 0.5) is 0 Å². The zero-order chi connectivity index (χ0) is 17.5. The zero-order valence-corrected chi connectivity index (χ0v) is 14.8. The molecular weight excluding hydrogens is 302 g/mol. The van der Waals surface area contributed by atoms with E-state index in [1.165, 1.54) is 0 Å². The van der Waals surface area contributed by atoms with Crippen molar-refractivity contribution in [2.45, 2.75) is 26.9 Å². The maximum atomic E-state index is 12.6. The van der Waals surface area contributed by atoms with Crippen LogP contribution in [0.3, 0.4) is 0 Å². The van der Waals surface area contributed by atoms with Gasteiger partial charge >= 0.3 is 0 Å². The Kier molecular flexibility index (Phi) is 6.24. The molecule has 0 aliphatic heterocycles. The van der Waals surface area contributed by atoms with E-state index >= 15 is 0 Å². The van der Waals surface area contributed by atoms with Crippen molar-refractivity contribution < 1.29 is 14.3 Å². The predicted octanol–water partition coefficient (Wildman–Crippen LogP) is 3.89. The van der Waals surface area contributed by atoms with Crippen molar-refractivity contribution in [1.82, 2.24) is 4.90 Å². The summed E-state index contributed by atoms with van der Waals surface area (Å²) in [6.07, 6.45) is 0. The van der Waals surface area contributed by atoms with Gasteiger partial charge in [-0.05, 0) is 35.4 Å². The largest absolute Gasteiger partial charge is 0.497 e.